The minimum absolute atomic E-state index is 0.160. The average molecular weight is 385 g/mol. The summed E-state index contributed by atoms with van der Waals surface area (Å²) in [5, 5.41) is 4.32. The van der Waals surface area contributed by atoms with Crippen LogP contribution in [0.4, 0.5) is 5.69 Å². The summed E-state index contributed by atoms with van der Waals surface area (Å²) in [7, 11) is 0. The molecule has 1 aromatic heterocycles. The van der Waals surface area contributed by atoms with Crippen molar-refractivity contribution < 1.29 is 14.3 Å². The Balaban J connectivity index is 1.85. The van der Waals surface area contributed by atoms with Gasteiger partial charge in [0.25, 0.3) is 0 Å². The highest BCUT2D eigenvalue weighted by Gasteiger charge is 2.15. The molecule has 0 aliphatic heterocycles. The maximum atomic E-state index is 12.7. The van der Waals surface area contributed by atoms with E-state index >= 15 is 0 Å². The summed E-state index contributed by atoms with van der Waals surface area (Å²) in [5.41, 5.74) is 2.05. The molecule has 27 heavy (non-hydrogen) atoms. The van der Waals surface area contributed by atoms with E-state index in [4.69, 9.17) is 21.1 Å². The Labute approximate surface area is 163 Å². The van der Waals surface area contributed by atoms with E-state index in [2.05, 4.69) is 10.3 Å². The molecule has 3 aromatic rings. The molecule has 140 valence electrons. The fourth-order valence-corrected chi connectivity index (χ4v) is 3.10. The molecule has 0 fully saturated rings. The fraction of sp³-hybridized carbons (Fsp3) is 0.238. The molecule has 3 rings (SSSR count). The lowest BCUT2D eigenvalue weighted by Gasteiger charge is -2.15. The van der Waals surface area contributed by atoms with Gasteiger partial charge in [-0.3, -0.25) is 9.78 Å². The molecule has 0 saturated heterocycles. The summed E-state index contributed by atoms with van der Waals surface area (Å²) in [6, 6.07) is 12.8. The minimum atomic E-state index is -0.168. The molecule has 1 amide bonds. The highest BCUT2D eigenvalue weighted by Crippen LogP contribution is 2.32. The van der Waals surface area contributed by atoms with Gasteiger partial charge in [0.1, 0.15) is 0 Å². The van der Waals surface area contributed by atoms with Crippen LogP contribution in [0.5, 0.6) is 11.5 Å². The smallest absolute Gasteiger partial charge is 0.228 e. The van der Waals surface area contributed by atoms with Gasteiger partial charge in [-0.1, -0.05) is 23.7 Å². The standard InChI is InChI=1S/C21H21ClN2O3/c1-3-26-18-9-5-7-14(21(18)27-4-2)13-19(25)24-17-11-10-16(22)15-8-6-12-23-20(15)17/h5-12H,3-4,13H2,1-2H3,(H,24,25). The lowest BCUT2D eigenvalue weighted by molar-refractivity contribution is -0.115. The number of pyridine rings is 1. The molecular formula is C21H21ClN2O3. The van der Waals surface area contributed by atoms with Gasteiger partial charge >= 0.3 is 0 Å². The van der Waals surface area contributed by atoms with E-state index in [0.29, 0.717) is 40.9 Å². The third-order valence-corrected chi connectivity index (χ3v) is 4.32. The van der Waals surface area contributed by atoms with Gasteiger partial charge in [0.05, 0.1) is 35.9 Å². The van der Waals surface area contributed by atoms with Crippen molar-refractivity contribution >= 4 is 34.1 Å². The Kier molecular flexibility index (Phi) is 6.14. The molecule has 0 saturated carbocycles. The van der Waals surface area contributed by atoms with Gasteiger partial charge in [-0.05, 0) is 44.2 Å². The molecule has 6 heteroatoms. The zero-order chi connectivity index (χ0) is 19.2. The first-order valence-electron chi connectivity index (χ1n) is 8.84. The number of anilines is 1. The van der Waals surface area contributed by atoms with E-state index in [1.54, 1.807) is 18.3 Å². The maximum absolute atomic E-state index is 12.7. The van der Waals surface area contributed by atoms with Crippen molar-refractivity contribution in [3.8, 4) is 11.5 Å². The van der Waals surface area contributed by atoms with Gasteiger partial charge in [-0.25, -0.2) is 0 Å². The van der Waals surface area contributed by atoms with Crippen LogP contribution in [0.3, 0.4) is 0 Å². The van der Waals surface area contributed by atoms with Crippen molar-refractivity contribution in [1.29, 1.82) is 0 Å². The van der Waals surface area contributed by atoms with Gasteiger partial charge in [-0.15, -0.1) is 0 Å². The van der Waals surface area contributed by atoms with Crippen LogP contribution in [0.15, 0.2) is 48.7 Å². The van der Waals surface area contributed by atoms with Crippen LogP contribution in [0, 0.1) is 0 Å². The minimum Gasteiger partial charge on any atom is -0.490 e. The predicted molar refractivity (Wildman–Crippen MR) is 108 cm³/mol. The lowest BCUT2D eigenvalue weighted by Crippen LogP contribution is -2.16. The van der Waals surface area contributed by atoms with Crippen LogP contribution >= 0.6 is 11.6 Å². The van der Waals surface area contributed by atoms with Gasteiger partial charge in [0, 0.05) is 17.1 Å². The van der Waals surface area contributed by atoms with Crippen molar-refractivity contribution in [3.05, 3.63) is 59.2 Å². The number of benzene rings is 2. The Hall–Kier alpha value is -2.79. The molecule has 2 aromatic carbocycles. The number of nitrogens with one attached hydrogen (secondary N) is 1. The Bertz CT molecular complexity index is 959. The second-order valence-electron chi connectivity index (χ2n) is 5.83. The zero-order valence-corrected chi connectivity index (χ0v) is 16.0. The Morgan fingerprint density at radius 3 is 2.67 bits per heavy atom. The first-order chi connectivity index (χ1) is 13.1. The van der Waals surface area contributed by atoms with E-state index in [-0.39, 0.29) is 12.3 Å². The zero-order valence-electron chi connectivity index (χ0n) is 15.3. The number of hydrogen-bond acceptors (Lipinski definition) is 4. The fourth-order valence-electron chi connectivity index (χ4n) is 2.88. The lowest BCUT2D eigenvalue weighted by atomic mass is 10.1. The number of aromatic nitrogens is 1. The van der Waals surface area contributed by atoms with E-state index in [1.807, 2.05) is 44.2 Å². The van der Waals surface area contributed by atoms with E-state index in [9.17, 15) is 4.79 Å². The molecule has 1 heterocycles. The monoisotopic (exact) mass is 384 g/mol. The van der Waals surface area contributed by atoms with E-state index in [1.165, 1.54) is 0 Å². The Morgan fingerprint density at radius 2 is 1.89 bits per heavy atom. The van der Waals surface area contributed by atoms with Crippen molar-refractivity contribution in [2.24, 2.45) is 0 Å². The number of rotatable bonds is 7. The van der Waals surface area contributed by atoms with Crippen LogP contribution in [0.25, 0.3) is 10.9 Å². The number of para-hydroxylation sites is 1. The van der Waals surface area contributed by atoms with Crippen LogP contribution in [0.1, 0.15) is 19.4 Å². The number of nitrogens with zero attached hydrogens (tertiary/aromatic N) is 1. The van der Waals surface area contributed by atoms with Gasteiger partial charge in [-0.2, -0.15) is 0 Å². The van der Waals surface area contributed by atoms with Crippen LogP contribution in [-0.2, 0) is 11.2 Å². The number of amides is 1. The normalized spacial score (nSPS) is 10.6. The number of ether oxygens (including phenoxy) is 2. The van der Waals surface area contributed by atoms with Gasteiger partial charge in [0.15, 0.2) is 11.5 Å². The van der Waals surface area contributed by atoms with Crippen molar-refractivity contribution in [2.75, 3.05) is 18.5 Å². The van der Waals surface area contributed by atoms with Crippen molar-refractivity contribution in [1.82, 2.24) is 4.98 Å². The summed E-state index contributed by atoms with van der Waals surface area (Å²) in [5.74, 6) is 1.08. The highest BCUT2D eigenvalue weighted by atomic mass is 35.5. The topological polar surface area (TPSA) is 60.5 Å². The predicted octanol–water partition coefficient (Wildman–Crippen LogP) is 4.87. The summed E-state index contributed by atoms with van der Waals surface area (Å²) < 4.78 is 11.3. The molecule has 1 N–H and O–H groups in total. The van der Waals surface area contributed by atoms with Crippen LogP contribution in [0.2, 0.25) is 5.02 Å². The third kappa shape index (κ3) is 4.31. The van der Waals surface area contributed by atoms with Gasteiger partial charge < -0.3 is 14.8 Å². The molecule has 5 nitrogen and oxygen atoms in total. The molecule has 0 unspecified atom stereocenters. The number of fused-ring (bicyclic) bond motifs is 1. The largest absolute Gasteiger partial charge is 0.490 e. The van der Waals surface area contributed by atoms with Crippen molar-refractivity contribution in [2.45, 2.75) is 20.3 Å². The summed E-state index contributed by atoms with van der Waals surface area (Å²) in [4.78, 5) is 17.0. The number of carbonyl (C=O) groups is 1. The van der Waals surface area contributed by atoms with Crippen LogP contribution < -0.4 is 14.8 Å². The first kappa shape index (κ1) is 19.0. The van der Waals surface area contributed by atoms with E-state index in [0.717, 1.165) is 10.9 Å². The molecular weight excluding hydrogens is 364 g/mol. The summed E-state index contributed by atoms with van der Waals surface area (Å²) >= 11 is 6.21. The quantitative estimate of drug-likeness (QED) is 0.631. The third-order valence-electron chi connectivity index (χ3n) is 3.99. The maximum Gasteiger partial charge on any atom is 0.228 e. The molecule has 0 bridgehead atoms. The highest BCUT2D eigenvalue weighted by molar-refractivity contribution is 6.35. The molecule has 0 atom stereocenters. The second-order valence-corrected chi connectivity index (χ2v) is 6.24. The SMILES string of the molecule is CCOc1cccc(CC(=O)Nc2ccc(Cl)c3cccnc23)c1OCC. The second kappa shape index (κ2) is 8.73. The first-order valence-corrected chi connectivity index (χ1v) is 9.22. The molecule has 0 radical (unpaired) electrons. The molecule has 0 aliphatic rings. The number of carbonyl (C=O) groups excluding carboxylic acids is 1. The number of halogens is 1. The van der Waals surface area contributed by atoms with E-state index < -0.39 is 0 Å². The summed E-state index contributed by atoms with van der Waals surface area (Å²) in [6.07, 6.45) is 1.83. The van der Waals surface area contributed by atoms with Crippen LogP contribution in [-0.4, -0.2) is 24.1 Å². The molecule has 0 aliphatic carbocycles. The molecule has 0 spiro atoms. The average Bonchev–Trinajstić information content (AvgIpc) is 2.67. The van der Waals surface area contributed by atoms with Crippen molar-refractivity contribution in [3.63, 3.8) is 0 Å². The summed E-state index contributed by atoms with van der Waals surface area (Å²) in [6.45, 7) is 4.83. The number of hydrogen-bond donors (Lipinski definition) is 1. The Morgan fingerprint density at radius 1 is 1.07 bits per heavy atom. The van der Waals surface area contributed by atoms with Gasteiger partial charge in [0.2, 0.25) is 5.91 Å².